The molecule has 10 nitrogen and oxygen atoms in total. The number of ether oxygens (including phenoxy) is 3. The molecule has 0 unspecified atom stereocenters. The highest BCUT2D eigenvalue weighted by Gasteiger charge is 2.20. The molecule has 0 aromatic heterocycles. The van der Waals surface area contributed by atoms with Crippen molar-refractivity contribution < 1.29 is 33.4 Å². The normalized spacial score (nSPS) is 10.1. The number of hydrogen-bond donors (Lipinski definition) is 3. The first kappa shape index (κ1) is 33.9. The van der Waals surface area contributed by atoms with Gasteiger partial charge < -0.3 is 30.2 Å². The summed E-state index contributed by atoms with van der Waals surface area (Å²) in [7, 11) is 0. The maximum absolute atomic E-state index is 12.9. The summed E-state index contributed by atoms with van der Waals surface area (Å²) >= 11 is 0. The number of ketones is 1. The summed E-state index contributed by atoms with van der Waals surface area (Å²) in [5, 5.41) is 8.16. The van der Waals surface area contributed by atoms with E-state index in [2.05, 4.69) is 35.7 Å². The molecule has 3 amide bonds. The lowest BCUT2D eigenvalue weighted by molar-refractivity contribution is -0.117. The van der Waals surface area contributed by atoms with Crippen molar-refractivity contribution in [3.05, 3.63) is 55.7 Å². The summed E-state index contributed by atoms with van der Waals surface area (Å²) in [6, 6.07) is 3.39. The van der Waals surface area contributed by atoms with Gasteiger partial charge in [-0.05, 0) is 56.8 Å². The highest BCUT2D eigenvalue weighted by atomic mass is 16.5. The van der Waals surface area contributed by atoms with Crippen LogP contribution < -0.4 is 30.2 Å². The van der Waals surface area contributed by atoms with E-state index in [-0.39, 0.29) is 29.9 Å². The van der Waals surface area contributed by atoms with E-state index in [9.17, 15) is 19.2 Å². The molecule has 10 heteroatoms. The number of carbonyl (C=O) groups is 4. The van der Waals surface area contributed by atoms with E-state index in [1.54, 1.807) is 19.1 Å². The van der Waals surface area contributed by atoms with Crippen molar-refractivity contribution in [3.8, 4) is 17.2 Å². The van der Waals surface area contributed by atoms with Crippen molar-refractivity contribution in [2.75, 3.05) is 39.5 Å². The smallest absolute Gasteiger partial charge is 0.243 e. The monoisotopic (exact) mass is 557 g/mol. The van der Waals surface area contributed by atoms with Gasteiger partial charge in [-0.3, -0.25) is 19.2 Å². The van der Waals surface area contributed by atoms with E-state index in [0.29, 0.717) is 94.4 Å². The van der Waals surface area contributed by atoms with Crippen LogP contribution in [-0.4, -0.2) is 63.0 Å². The second kappa shape index (κ2) is 20.8. The van der Waals surface area contributed by atoms with Gasteiger partial charge in [0.05, 0.1) is 19.8 Å². The third-order valence-corrected chi connectivity index (χ3v) is 5.59. The molecule has 0 saturated carbocycles. The zero-order chi connectivity index (χ0) is 29.6. The molecular formula is C30H43N3O7. The van der Waals surface area contributed by atoms with Crippen molar-refractivity contribution >= 4 is 23.5 Å². The molecule has 0 radical (unpaired) electrons. The Labute approximate surface area is 237 Å². The lowest BCUT2D eigenvalue weighted by Crippen LogP contribution is -2.22. The Morgan fingerprint density at radius 2 is 1.02 bits per heavy atom. The lowest BCUT2D eigenvalue weighted by Gasteiger charge is -2.18. The van der Waals surface area contributed by atoms with Crippen LogP contribution in [0.25, 0.3) is 0 Å². The summed E-state index contributed by atoms with van der Waals surface area (Å²) in [5.74, 6) is 0.475. The molecule has 0 saturated heterocycles. The average Bonchev–Trinajstić information content (AvgIpc) is 2.97. The largest absolute Gasteiger partial charge is 0.493 e. The van der Waals surface area contributed by atoms with Gasteiger partial charge in [0.2, 0.25) is 17.7 Å². The summed E-state index contributed by atoms with van der Waals surface area (Å²) in [6.07, 6.45) is 8.08. The minimum Gasteiger partial charge on any atom is -0.493 e. The van der Waals surface area contributed by atoms with Crippen molar-refractivity contribution in [1.29, 1.82) is 0 Å². The fourth-order valence-corrected chi connectivity index (χ4v) is 3.42. The van der Waals surface area contributed by atoms with Gasteiger partial charge in [0, 0.05) is 38.2 Å². The predicted octanol–water partition coefficient (Wildman–Crippen LogP) is 3.66. The second-order valence-electron chi connectivity index (χ2n) is 8.72. The number of carbonyl (C=O) groups excluding carboxylic acids is 4. The molecule has 0 aliphatic heterocycles. The van der Waals surface area contributed by atoms with Crippen LogP contribution in [0.5, 0.6) is 17.2 Å². The number of rotatable bonds is 23. The number of nitrogens with one attached hydrogen (secondary N) is 3. The fourth-order valence-electron chi connectivity index (χ4n) is 3.42. The van der Waals surface area contributed by atoms with Gasteiger partial charge in [-0.1, -0.05) is 26.7 Å². The lowest BCUT2D eigenvalue weighted by atomic mass is 10.1. The van der Waals surface area contributed by atoms with Crippen LogP contribution in [0.3, 0.4) is 0 Å². The van der Waals surface area contributed by atoms with Crippen LogP contribution in [0.1, 0.15) is 62.2 Å². The first-order valence-electron chi connectivity index (χ1n) is 13.7. The van der Waals surface area contributed by atoms with E-state index >= 15 is 0 Å². The molecule has 1 aromatic rings. The van der Waals surface area contributed by atoms with E-state index in [0.717, 1.165) is 6.42 Å². The van der Waals surface area contributed by atoms with Crippen LogP contribution in [0.2, 0.25) is 0 Å². The van der Waals surface area contributed by atoms with Gasteiger partial charge in [-0.2, -0.15) is 0 Å². The molecule has 0 bridgehead atoms. The quantitative estimate of drug-likeness (QED) is 0.106. The molecule has 0 spiro atoms. The Morgan fingerprint density at radius 1 is 0.650 bits per heavy atom. The third-order valence-electron chi connectivity index (χ3n) is 5.59. The first-order chi connectivity index (χ1) is 19.4. The zero-order valence-corrected chi connectivity index (χ0v) is 23.6. The third kappa shape index (κ3) is 14.2. The van der Waals surface area contributed by atoms with Crippen molar-refractivity contribution in [2.24, 2.45) is 0 Å². The SMILES string of the molecule is C=CC(=O)NCCCCOc1cc(OCCCCNC(=O)C=C)c(C(=O)CC)c(OCCCCNC(=O)C=C)c1. The van der Waals surface area contributed by atoms with Crippen molar-refractivity contribution in [1.82, 2.24) is 16.0 Å². The zero-order valence-electron chi connectivity index (χ0n) is 23.6. The molecular weight excluding hydrogens is 514 g/mol. The standard InChI is InChI=1S/C30H43N3O7/c1-5-24(34)30-25(39-19-13-10-16-32-28(36)7-3)21-23(38-18-12-9-15-31-27(35)6-2)22-26(30)40-20-14-11-17-33-29(37)8-4/h6-8,21-22H,2-5,9-20H2,1H3,(H,31,35)(H,32,36)(H,33,37). The van der Waals surface area contributed by atoms with Crippen LogP contribution in [0.15, 0.2) is 50.1 Å². The molecule has 0 atom stereocenters. The van der Waals surface area contributed by atoms with Gasteiger partial charge in [0.25, 0.3) is 0 Å². The molecule has 0 fully saturated rings. The van der Waals surface area contributed by atoms with E-state index in [1.807, 2.05) is 0 Å². The maximum Gasteiger partial charge on any atom is 0.243 e. The Balaban J connectivity index is 2.89. The van der Waals surface area contributed by atoms with Gasteiger partial charge >= 0.3 is 0 Å². The van der Waals surface area contributed by atoms with Crippen LogP contribution in [0, 0.1) is 0 Å². The summed E-state index contributed by atoms with van der Waals surface area (Å²) in [6.45, 7) is 14.6. The second-order valence-corrected chi connectivity index (χ2v) is 8.72. The topological polar surface area (TPSA) is 132 Å². The maximum atomic E-state index is 12.9. The van der Waals surface area contributed by atoms with E-state index < -0.39 is 0 Å². The molecule has 3 N–H and O–H groups in total. The number of benzene rings is 1. The number of hydrogen-bond acceptors (Lipinski definition) is 7. The molecule has 1 rings (SSSR count). The Hall–Kier alpha value is -4.08. The van der Waals surface area contributed by atoms with E-state index in [4.69, 9.17) is 14.2 Å². The van der Waals surface area contributed by atoms with Crippen LogP contribution >= 0.6 is 0 Å². The van der Waals surface area contributed by atoms with Gasteiger partial charge in [-0.15, -0.1) is 0 Å². The van der Waals surface area contributed by atoms with Crippen LogP contribution in [0.4, 0.5) is 0 Å². The van der Waals surface area contributed by atoms with Crippen LogP contribution in [-0.2, 0) is 14.4 Å². The minimum absolute atomic E-state index is 0.119. The summed E-state index contributed by atoms with van der Waals surface area (Å²) < 4.78 is 18.0. The Kier molecular flexibility index (Phi) is 17.7. The molecule has 40 heavy (non-hydrogen) atoms. The predicted molar refractivity (Wildman–Crippen MR) is 155 cm³/mol. The summed E-state index contributed by atoms with van der Waals surface area (Å²) in [4.78, 5) is 46.8. The number of Topliss-reactive ketones (excluding diaryl/α,β-unsaturated/α-hetero) is 1. The number of unbranched alkanes of at least 4 members (excludes halogenated alkanes) is 3. The molecule has 1 aromatic carbocycles. The molecule has 0 aliphatic carbocycles. The molecule has 0 aliphatic rings. The Morgan fingerprint density at radius 3 is 1.38 bits per heavy atom. The van der Waals surface area contributed by atoms with Gasteiger partial charge in [0.1, 0.15) is 22.8 Å². The minimum atomic E-state index is -0.227. The highest BCUT2D eigenvalue weighted by Crippen LogP contribution is 2.36. The van der Waals surface area contributed by atoms with Gasteiger partial charge in [0.15, 0.2) is 5.78 Å². The highest BCUT2D eigenvalue weighted by molar-refractivity contribution is 6.01. The molecule has 220 valence electrons. The summed E-state index contributed by atoms with van der Waals surface area (Å²) in [5.41, 5.74) is 0.363. The van der Waals surface area contributed by atoms with E-state index in [1.165, 1.54) is 18.2 Å². The van der Waals surface area contributed by atoms with Crippen molar-refractivity contribution in [3.63, 3.8) is 0 Å². The van der Waals surface area contributed by atoms with Gasteiger partial charge in [-0.25, -0.2) is 0 Å². The molecule has 0 heterocycles. The fraction of sp³-hybridized carbons (Fsp3) is 0.467. The Bertz CT molecular complexity index is 954. The number of amides is 3. The van der Waals surface area contributed by atoms with Crippen molar-refractivity contribution in [2.45, 2.75) is 51.9 Å². The average molecular weight is 558 g/mol. The first-order valence-corrected chi connectivity index (χ1v) is 13.7.